The van der Waals surface area contributed by atoms with Crippen molar-refractivity contribution in [1.29, 1.82) is 0 Å². The molecule has 1 heterocycles. The Labute approximate surface area is 103 Å². The summed E-state index contributed by atoms with van der Waals surface area (Å²) in [5.74, 6) is -0.115. The zero-order valence-electron chi connectivity index (χ0n) is 9.07. The molecule has 0 spiro atoms. The SMILES string of the molecule is NC1C2CN(C(=O)c3cccc(Cl)c3F)CC12. The van der Waals surface area contributed by atoms with Crippen molar-refractivity contribution in [2.45, 2.75) is 6.04 Å². The number of halogens is 2. The lowest BCUT2D eigenvalue weighted by Gasteiger charge is -2.19. The van der Waals surface area contributed by atoms with Gasteiger partial charge in [0.05, 0.1) is 10.6 Å². The molecule has 2 aliphatic rings. The summed E-state index contributed by atoms with van der Waals surface area (Å²) in [5, 5.41) is -0.0168. The summed E-state index contributed by atoms with van der Waals surface area (Å²) < 4.78 is 13.7. The molecule has 3 nitrogen and oxygen atoms in total. The fraction of sp³-hybridized carbons (Fsp3) is 0.417. The molecule has 1 aliphatic carbocycles. The van der Waals surface area contributed by atoms with E-state index in [-0.39, 0.29) is 22.5 Å². The highest BCUT2D eigenvalue weighted by Gasteiger charge is 2.54. The Bertz CT molecular complexity index is 481. The molecular weight excluding hydrogens is 243 g/mol. The number of piperidine rings is 1. The number of carbonyl (C=O) groups excluding carboxylic acids is 1. The van der Waals surface area contributed by atoms with Crippen molar-refractivity contribution in [2.24, 2.45) is 17.6 Å². The molecule has 0 aromatic heterocycles. The van der Waals surface area contributed by atoms with Crippen molar-refractivity contribution >= 4 is 17.5 Å². The quantitative estimate of drug-likeness (QED) is 0.826. The second kappa shape index (κ2) is 3.68. The highest BCUT2D eigenvalue weighted by molar-refractivity contribution is 6.31. The smallest absolute Gasteiger partial charge is 0.256 e. The summed E-state index contributed by atoms with van der Waals surface area (Å²) in [6.45, 7) is 1.27. The molecule has 5 heteroatoms. The number of nitrogens with two attached hydrogens (primary N) is 1. The van der Waals surface area contributed by atoms with Crippen LogP contribution in [0.3, 0.4) is 0 Å². The predicted octanol–water partition coefficient (Wildman–Crippen LogP) is 1.51. The average molecular weight is 255 g/mol. The molecule has 2 unspecified atom stereocenters. The molecule has 1 amide bonds. The third-order valence-electron chi connectivity index (χ3n) is 3.73. The molecule has 2 N–H and O–H groups in total. The molecule has 0 bridgehead atoms. The fourth-order valence-corrected chi connectivity index (χ4v) is 2.75. The van der Waals surface area contributed by atoms with Crippen LogP contribution in [0.2, 0.25) is 5.02 Å². The zero-order chi connectivity index (χ0) is 12.2. The number of likely N-dealkylation sites (tertiary alicyclic amines) is 1. The summed E-state index contributed by atoms with van der Waals surface area (Å²) in [7, 11) is 0. The van der Waals surface area contributed by atoms with Crippen molar-refractivity contribution in [3.63, 3.8) is 0 Å². The molecular formula is C12H12ClFN2O. The van der Waals surface area contributed by atoms with Crippen LogP contribution in [0.5, 0.6) is 0 Å². The fourth-order valence-electron chi connectivity index (χ4n) is 2.58. The minimum Gasteiger partial charge on any atom is -0.338 e. The lowest BCUT2D eigenvalue weighted by Crippen LogP contribution is -2.34. The third kappa shape index (κ3) is 1.63. The van der Waals surface area contributed by atoms with Gasteiger partial charge in [-0.05, 0) is 24.0 Å². The number of carbonyl (C=O) groups is 1. The van der Waals surface area contributed by atoms with Gasteiger partial charge in [0.2, 0.25) is 0 Å². The van der Waals surface area contributed by atoms with E-state index in [2.05, 4.69) is 0 Å². The van der Waals surface area contributed by atoms with Gasteiger partial charge < -0.3 is 10.6 Å². The molecule has 1 aliphatic heterocycles. The van der Waals surface area contributed by atoms with E-state index in [1.54, 1.807) is 11.0 Å². The van der Waals surface area contributed by atoms with Gasteiger partial charge >= 0.3 is 0 Å². The molecule has 17 heavy (non-hydrogen) atoms. The maximum Gasteiger partial charge on any atom is 0.256 e. The Morgan fingerprint density at radius 3 is 2.71 bits per heavy atom. The molecule has 2 atom stereocenters. The normalized spacial score (nSPS) is 30.3. The minimum atomic E-state index is -0.635. The molecule has 90 valence electrons. The van der Waals surface area contributed by atoms with Crippen LogP contribution in [-0.4, -0.2) is 29.9 Å². The summed E-state index contributed by atoms with van der Waals surface area (Å²) in [6, 6.07) is 4.71. The molecule has 1 aromatic rings. The van der Waals surface area contributed by atoms with Crippen molar-refractivity contribution < 1.29 is 9.18 Å². The van der Waals surface area contributed by atoms with Crippen LogP contribution < -0.4 is 5.73 Å². The standard InChI is InChI=1S/C12H12ClFN2O/c13-9-3-1-2-6(10(9)14)12(17)16-4-7-8(5-16)11(7)15/h1-3,7-8,11H,4-5,15H2. The number of rotatable bonds is 1. The van der Waals surface area contributed by atoms with E-state index >= 15 is 0 Å². The molecule has 1 aromatic carbocycles. The predicted molar refractivity (Wildman–Crippen MR) is 62.3 cm³/mol. The first-order valence-electron chi connectivity index (χ1n) is 5.58. The number of fused-ring (bicyclic) bond motifs is 1. The highest BCUT2D eigenvalue weighted by atomic mass is 35.5. The van der Waals surface area contributed by atoms with E-state index in [1.165, 1.54) is 12.1 Å². The number of benzene rings is 1. The molecule has 1 saturated heterocycles. The topological polar surface area (TPSA) is 46.3 Å². The van der Waals surface area contributed by atoms with E-state index < -0.39 is 5.82 Å². The van der Waals surface area contributed by atoms with Crippen LogP contribution in [-0.2, 0) is 0 Å². The molecule has 0 radical (unpaired) electrons. The Morgan fingerprint density at radius 2 is 2.06 bits per heavy atom. The van der Waals surface area contributed by atoms with Gasteiger partial charge in [0.15, 0.2) is 5.82 Å². The van der Waals surface area contributed by atoms with Gasteiger partial charge in [0.1, 0.15) is 0 Å². The van der Waals surface area contributed by atoms with Crippen LogP contribution in [0.15, 0.2) is 18.2 Å². The maximum atomic E-state index is 13.7. The maximum absolute atomic E-state index is 13.7. The molecule has 3 rings (SSSR count). The van der Waals surface area contributed by atoms with Gasteiger partial charge in [-0.25, -0.2) is 4.39 Å². The number of amides is 1. The molecule has 1 saturated carbocycles. The Morgan fingerprint density at radius 1 is 1.41 bits per heavy atom. The van der Waals surface area contributed by atoms with Crippen molar-refractivity contribution in [2.75, 3.05) is 13.1 Å². The van der Waals surface area contributed by atoms with Crippen LogP contribution in [0.25, 0.3) is 0 Å². The van der Waals surface area contributed by atoms with Crippen LogP contribution in [0.4, 0.5) is 4.39 Å². The van der Waals surface area contributed by atoms with E-state index in [9.17, 15) is 9.18 Å². The van der Waals surface area contributed by atoms with Crippen LogP contribution >= 0.6 is 11.6 Å². The summed E-state index contributed by atoms with van der Waals surface area (Å²) in [5.41, 5.74) is 5.84. The number of hydrogen-bond donors (Lipinski definition) is 1. The average Bonchev–Trinajstić information content (AvgIpc) is 2.78. The van der Waals surface area contributed by atoms with E-state index in [0.717, 1.165) is 0 Å². The van der Waals surface area contributed by atoms with Gasteiger partial charge in [-0.15, -0.1) is 0 Å². The number of nitrogens with zero attached hydrogens (tertiary/aromatic N) is 1. The minimum absolute atomic E-state index is 0.0168. The second-order valence-corrected chi connectivity index (χ2v) is 5.12. The molecule has 2 fully saturated rings. The third-order valence-corrected chi connectivity index (χ3v) is 4.02. The van der Waals surface area contributed by atoms with Gasteiger partial charge in [-0.1, -0.05) is 17.7 Å². The van der Waals surface area contributed by atoms with E-state index in [1.807, 2.05) is 0 Å². The van der Waals surface area contributed by atoms with Gasteiger partial charge in [-0.3, -0.25) is 4.79 Å². The van der Waals surface area contributed by atoms with Crippen molar-refractivity contribution in [3.05, 3.63) is 34.6 Å². The van der Waals surface area contributed by atoms with Crippen molar-refractivity contribution in [3.8, 4) is 0 Å². The first-order valence-corrected chi connectivity index (χ1v) is 5.96. The Kier molecular flexibility index (Phi) is 2.38. The lowest BCUT2D eigenvalue weighted by atomic mass is 10.2. The van der Waals surface area contributed by atoms with E-state index in [0.29, 0.717) is 24.9 Å². The van der Waals surface area contributed by atoms with Crippen LogP contribution in [0.1, 0.15) is 10.4 Å². The monoisotopic (exact) mass is 254 g/mol. The largest absolute Gasteiger partial charge is 0.338 e. The van der Waals surface area contributed by atoms with Crippen LogP contribution in [0, 0.1) is 17.7 Å². The summed E-state index contributed by atoms with van der Waals surface area (Å²) in [6.07, 6.45) is 0. The lowest BCUT2D eigenvalue weighted by molar-refractivity contribution is 0.0768. The Balaban J connectivity index is 1.81. The van der Waals surface area contributed by atoms with Crippen molar-refractivity contribution in [1.82, 2.24) is 4.90 Å². The highest BCUT2D eigenvalue weighted by Crippen LogP contribution is 2.44. The summed E-state index contributed by atoms with van der Waals surface area (Å²) in [4.78, 5) is 13.7. The van der Waals surface area contributed by atoms with Gasteiger partial charge in [0.25, 0.3) is 5.91 Å². The first-order chi connectivity index (χ1) is 8.09. The van der Waals surface area contributed by atoms with Gasteiger partial charge in [0, 0.05) is 19.1 Å². The Hall–Kier alpha value is -1.13. The summed E-state index contributed by atoms with van der Waals surface area (Å²) >= 11 is 5.66. The first kappa shape index (κ1) is 11.0. The zero-order valence-corrected chi connectivity index (χ0v) is 9.82. The van der Waals surface area contributed by atoms with E-state index in [4.69, 9.17) is 17.3 Å². The number of hydrogen-bond acceptors (Lipinski definition) is 2. The second-order valence-electron chi connectivity index (χ2n) is 4.72. The van der Waals surface area contributed by atoms with Gasteiger partial charge in [-0.2, -0.15) is 0 Å².